The van der Waals surface area contributed by atoms with Crippen molar-refractivity contribution in [2.45, 2.75) is 52.0 Å². The molecular weight excluding hydrogens is 390 g/mol. The zero-order chi connectivity index (χ0) is 22.5. The Hall–Kier alpha value is -2.63. The Bertz CT molecular complexity index is 803. The third kappa shape index (κ3) is 5.35. The molecule has 3 rings (SSSR count). The minimum absolute atomic E-state index is 0.180. The van der Waals surface area contributed by atoms with Crippen LogP contribution in [0.5, 0.6) is 0 Å². The van der Waals surface area contributed by atoms with E-state index in [1.807, 2.05) is 40.1 Å². The molecule has 168 valence electrons. The van der Waals surface area contributed by atoms with Crippen LogP contribution in [0.25, 0.3) is 0 Å². The third-order valence-electron chi connectivity index (χ3n) is 6.24. The van der Waals surface area contributed by atoms with Crippen LogP contribution in [0, 0.1) is 17.8 Å². The molecule has 1 aliphatic carbocycles. The summed E-state index contributed by atoms with van der Waals surface area (Å²) in [5, 5.41) is 2.98. The molecule has 3 amide bonds. The van der Waals surface area contributed by atoms with Gasteiger partial charge in [-0.15, -0.1) is 0 Å². The molecule has 0 spiro atoms. The second kappa shape index (κ2) is 10.1. The summed E-state index contributed by atoms with van der Waals surface area (Å²) in [4.78, 5) is 42.3. The molecule has 6 nitrogen and oxygen atoms in total. The molecule has 3 atom stereocenters. The zero-order valence-corrected chi connectivity index (χ0v) is 19.1. The molecule has 1 aliphatic heterocycles. The highest BCUT2D eigenvalue weighted by molar-refractivity contribution is 6.08. The highest BCUT2D eigenvalue weighted by Gasteiger charge is 2.51. The van der Waals surface area contributed by atoms with Crippen molar-refractivity contribution in [3.63, 3.8) is 0 Å². The zero-order valence-electron chi connectivity index (χ0n) is 19.1. The molecular formula is C25H35N3O3. The van der Waals surface area contributed by atoms with Crippen LogP contribution in [0.3, 0.4) is 0 Å². The van der Waals surface area contributed by atoms with Crippen molar-refractivity contribution in [3.05, 3.63) is 42.0 Å². The van der Waals surface area contributed by atoms with E-state index in [0.29, 0.717) is 25.8 Å². The molecule has 1 aromatic carbocycles. The fourth-order valence-electron chi connectivity index (χ4n) is 4.49. The van der Waals surface area contributed by atoms with E-state index in [1.54, 1.807) is 0 Å². The molecule has 1 saturated heterocycles. The summed E-state index contributed by atoms with van der Waals surface area (Å²) in [7, 11) is 4.03. The molecule has 3 unspecified atom stereocenters. The highest BCUT2D eigenvalue weighted by atomic mass is 16.2. The van der Waals surface area contributed by atoms with Crippen LogP contribution in [0.1, 0.15) is 45.1 Å². The van der Waals surface area contributed by atoms with Gasteiger partial charge >= 0.3 is 0 Å². The number of likely N-dealkylation sites (tertiary alicyclic amines) is 1. The number of allylic oxidation sites excluding steroid dienone is 2. The normalized spacial score (nSPS) is 21.4. The smallest absolute Gasteiger partial charge is 0.243 e. The second-order valence-corrected chi connectivity index (χ2v) is 9.30. The molecule has 0 aromatic heterocycles. The molecule has 1 aromatic rings. The standard InChI is InChI=1S/C25H35N3O3/c1-17(2)16-22(28-24(30)20-9-5-6-10-21(20)25(28)31)23(29)26-15-7-8-18-11-13-19(14-12-18)27(3)4/h5-6,11-14,17,20-22H,7-10,15-16H2,1-4H3,(H,26,29). The first kappa shape index (κ1) is 23.0. The van der Waals surface area contributed by atoms with Crippen LogP contribution in [-0.4, -0.2) is 49.3 Å². The monoisotopic (exact) mass is 425 g/mol. The van der Waals surface area contributed by atoms with Gasteiger partial charge in [0.25, 0.3) is 0 Å². The Morgan fingerprint density at radius 2 is 1.65 bits per heavy atom. The maximum Gasteiger partial charge on any atom is 0.243 e. The minimum atomic E-state index is -0.718. The topological polar surface area (TPSA) is 69.7 Å². The fraction of sp³-hybridized carbons (Fsp3) is 0.560. The first-order chi connectivity index (χ1) is 14.8. The lowest BCUT2D eigenvalue weighted by atomic mass is 9.85. The van der Waals surface area contributed by atoms with Gasteiger partial charge in [0.15, 0.2) is 0 Å². The summed E-state index contributed by atoms with van der Waals surface area (Å²) in [5.41, 5.74) is 2.38. The lowest BCUT2D eigenvalue weighted by Crippen LogP contribution is -2.50. The quantitative estimate of drug-likeness (QED) is 0.375. The summed E-state index contributed by atoms with van der Waals surface area (Å²) >= 11 is 0. The number of benzene rings is 1. The van der Waals surface area contributed by atoms with E-state index in [9.17, 15) is 14.4 Å². The molecule has 0 saturated carbocycles. The van der Waals surface area contributed by atoms with Crippen LogP contribution in [0.15, 0.2) is 36.4 Å². The lowest BCUT2D eigenvalue weighted by molar-refractivity contribution is -0.148. The number of hydrogen-bond acceptors (Lipinski definition) is 4. The van der Waals surface area contributed by atoms with E-state index in [2.05, 4.69) is 34.5 Å². The van der Waals surface area contributed by atoms with Gasteiger partial charge in [-0.05, 0) is 55.7 Å². The maximum atomic E-state index is 13.0. The van der Waals surface area contributed by atoms with Gasteiger partial charge in [-0.1, -0.05) is 38.1 Å². The van der Waals surface area contributed by atoms with Crippen molar-refractivity contribution in [3.8, 4) is 0 Å². The van der Waals surface area contributed by atoms with Gasteiger partial charge in [-0.25, -0.2) is 0 Å². The van der Waals surface area contributed by atoms with Crippen molar-refractivity contribution in [1.82, 2.24) is 10.2 Å². The summed E-state index contributed by atoms with van der Waals surface area (Å²) in [6.45, 7) is 4.54. The SMILES string of the molecule is CC(C)CC(C(=O)NCCCc1ccc(N(C)C)cc1)N1C(=O)C2CC=CCC2C1=O. The molecule has 1 fully saturated rings. The van der Waals surface area contributed by atoms with Gasteiger partial charge in [0.2, 0.25) is 17.7 Å². The third-order valence-corrected chi connectivity index (χ3v) is 6.24. The first-order valence-corrected chi connectivity index (χ1v) is 11.4. The molecule has 31 heavy (non-hydrogen) atoms. The predicted octanol–water partition coefficient (Wildman–Crippen LogP) is 3.17. The van der Waals surface area contributed by atoms with Crippen LogP contribution in [0.4, 0.5) is 5.69 Å². The number of anilines is 1. The summed E-state index contributed by atoms with van der Waals surface area (Å²) in [6, 6.07) is 7.67. The van der Waals surface area contributed by atoms with Gasteiger partial charge in [0, 0.05) is 26.3 Å². The number of aryl methyl sites for hydroxylation is 1. The Labute approximate surface area is 185 Å². The number of rotatable bonds is 9. The fourth-order valence-corrected chi connectivity index (χ4v) is 4.49. The number of nitrogens with zero attached hydrogens (tertiary/aromatic N) is 2. The summed E-state index contributed by atoms with van der Waals surface area (Å²) in [6.07, 6.45) is 7.28. The van der Waals surface area contributed by atoms with E-state index in [0.717, 1.165) is 18.5 Å². The molecule has 1 heterocycles. The number of hydrogen-bond donors (Lipinski definition) is 1. The number of carbonyl (C=O) groups is 3. The van der Waals surface area contributed by atoms with Crippen LogP contribution >= 0.6 is 0 Å². The van der Waals surface area contributed by atoms with Crippen LogP contribution < -0.4 is 10.2 Å². The van der Waals surface area contributed by atoms with Crippen molar-refractivity contribution < 1.29 is 14.4 Å². The minimum Gasteiger partial charge on any atom is -0.378 e. The average Bonchev–Trinajstić information content (AvgIpc) is 3.00. The van der Waals surface area contributed by atoms with Crippen molar-refractivity contribution in [1.29, 1.82) is 0 Å². The second-order valence-electron chi connectivity index (χ2n) is 9.30. The number of fused-ring (bicyclic) bond motifs is 1. The maximum absolute atomic E-state index is 13.0. The summed E-state index contributed by atoms with van der Waals surface area (Å²) < 4.78 is 0. The average molecular weight is 426 g/mol. The first-order valence-electron chi connectivity index (χ1n) is 11.4. The number of amides is 3. The Balaban J connectivity index is 1.57. The van der Waals surface area contributed by atoms with Crippen molar-refractivity contribution in [2.75, 3.05) is 25.5 Å². The van der Waals surface area contributed by atoms with Gasteiger partial charge in [0.1, 0.15) is 6.04 Å². The lowest BCUT2D eigenvalue weighted by Gasteiger charge is -2.27. The largest absolute Gasteiger partial charge is 0.378 e. The van der Waals surface area contributed by atoms with E-state index < -0.39 is 6.04 Å². The summed E-state index contributed by atoms with van der Waals surface area (Å²) in [5.74, 6) is -0.977. The molecule has 2 aliphatic rings. The Morgan fingerprint density at radius 3 is 2.16 bits per heavy atom. The predicted molar refractivity (Wildman–Crippen MR) is 123 cm³/mol. The number of imide groups is 1. The van der Waals surface area contributed by atoms with Crippen molar-refractivity contribution >= 4 is 23.4 Å². The highest BCUT2D eigenvalue weighted by Crippen LogP contribution is 2.37. The van der Waals surface area contributed by atoms with E-state index in [-0.39, 0.29) is 35.5 Å². The Kier molecular flexibility index (Phi) is 7.52. The van der Waals surface area contributed by atoms with E-state index >= 15 is 0 Å². The number of nitrogens with one attached hydrogen (secondary N) is 1. The van der Waals surface area contributed by atoms with Gasteiger partial charge in [0.05, 0.1) is 11.8 Å². The van der Waals surface area contributed by atoms with Crippen molar-refractivity contribution in [2.24, 2.45) is 17.8 Å². The molecule has 1 N–H and O–H groups in total. The molecule has 6 heteroatoms. The Morgan fingerprint density at radius 1 is 1.06 bits per heavy atom. The van der Waals surface area contributed by atoms with Gasteiger partial charge in [-0.2, -0.15) is 0 Å². The van der Waals surface area contributed by atoms with E-state index in [1.165, 1.54) is 10.5 Å². The van der Waals surface area contributed by atoms with E-state index in [4.69, 9.17) is 0 Å². The van der Waals surface area contributed by atoms with Gasteiger partial charge < -0.3 is 10.2 Å². The molecule has 0 bridgehead atoms. The van der Waals surface area contributed by atoms with Crippen LogP contribution in [-0.2, 0) is 20.8 Å². The van der Waals surface area contributed by atoms with Gasteiger partial charge in [-0.3, -0.25) is 19.3 Å². The van der Waals surface area contributed by atoms with Crippen LogP contribution in [0.2, 0.25) is 0 Å². The number of carbonyl (C=O) groups excluding carboxylic acids is 3. The molecule has 0 radical (unpaired) electrons.